The molecule has 0 bridgehead atoms. The number of thioether (sulfide) groups is 1. The van der Waals surface area contributed by atoms with E-state index in [2.05, 4.69) is 14.9 Å². The summed E-state index contributed by atoms with van der Waals surface area (Å²) in [5, 5.41) is 3.58. The van der Waals surface area contributed by atoms with Crippen LogP contribution in [0, 0.1) is 0 Å². The average Bonchev–Trinajstić information content (AvgIpc) is 3.44. The first-order chi connectivity index (χ1) is 13.9. The van der Waals surface area contributed by atoms with Gasteiger partial charge in [0.15, 0.2) is 5.16 Å². The lowest BCUT2D eigenvalue weighted by Crippen LogP contribution is -2.30. The molecule has 1 aromatic carbocycles. The number of carbonyl (C=O) groups is 1. The molecule has 2 aromatic rings. The second-order valence-electron chi connectivity index (χ2n) is 6.64. The minimum Gasteiger partial charge on any atom is -0.495 e. The van der Waals surface area contributed by atoms with Gasteiger partial charge in [0.2, 0.25) is 15.9 Å². The molecule has 0 radical (unpaired) electrons. The third kappa shape index (κ3) is 4.93. The standard InChI is InChI=1S/C19H26N4O4S2/c1-4-22(5-2)29(25,26)15-8-9-17(27-3)16(12-15)21-18(24)13-28-19-20-10-11-23(19)14-6-7-14/h8-12,14H,4-7,13H2,1-3H3,(H,21,24). The van der Waals surface area contributed by atoms with Gasteiger partial charge in [0.05, 0.1) is 23.4 Å². The number of hydrogen-bond acceptors (Lipinski definition) is 6. The van der Waals surface area contributed by atoms with Crippen LogP contribution in [0.3, 0.4) is 0 Å². The Bertz CT molecular complexity index is 966. The number of hydrogen-bond donors (Lipinski definition) is 1. The molecule has 1 amide bonds. The molecule has 158 valence electrons. The maximum atomic E-state index is 12.8. The number of anilines is 1. The molecule has 0 unspecified atom stereocenters. The lowest BCUT2D eigenvalue weighted by molar-refractivity contribution is -0.113. The Balaban J connectivity index is 1.73. The molecule has 1 aliphatic carbocycles. The van der Waals surface area contributed by atoms with Crippen LogP contribution in [-0.2, 0) is 14.8 Å². The van der Waals surface area contributed by atoms with E-state index in [9.17, 15) is 13.2 Å². The monoisotopic (exact) mass is 438 g/mol. The van der Waals surface area contributed by atoms with E-state index in [0.717, 1.165) is 18.0 Å². The maximum absolute atomic E-state index is 12.8. The number of imidazole rings is 1. The van der Waals surface area contributed by atoms with E-state index >= 15 is 0 Å². The Morgan fingerprint density at radius 2 is 2.07 bits per heavy atom. The van der Waals surface area contributed by atoms with Crippen molar-refractivity contribution in [2.45, 2.75) is 42.8 Å². The molecule has 1 heterocycles. The summed E-state index contributed by atoms with van der Waals surface area (Å²) >= 11 is 1.36. The molecule has 0 spiro atoms. The van der Waals surface area contributed by atoms with Crippen molar-refractivity contribution >= 4 is 33.4 Å². The highest BCUT2D eigenvalue weighted by molar-refractivity contribution is 7.99. The minimum atomic E-state index is -3.63. The van der Waals surface area contributed by atoms with Crippen LogP contribution < -0.4 is 10.1 Å². The number of nitrogens with zero attached hydrogens (tertiary/aromatic N) is 3. The van der Waals surface area contributed by atoms with E-state index < -0.39 is 10.0 Å². The summed E-state index contributed by atoms with van der Waals surface area (Å²) in [6, 6.07) is 4.98. The highest BCUT2D eigenvalue weighted by Crippen LogP contribution is 2.37. The average molecular weight is 439 g/mol. The fourth-order valence-electron chi connectivity index (χ4n) is 3.02. The summed E-state index contributed by atoms with van der Waals surface area (Å²) in [6.45, 7) is 4.32. The van der Waals surface area contributed by atoms with Gasteiger partial charge in [-0.25, -0.2) is 13.4 Å². The fraction of sp³-hybridized carbons (Fsp3) is 0.474. The number of rotatable bonds is 10. The Morgan fingerprint density at radius 3 is 2.69 bits per heavy atom. The Labute approximate surface area is 175 Å². The van der Waals surface area contributed by atoms with Gasteiger partial charge >= 0.3 is 0 Å². The summed E-state index contributed by atoms with van der Waals surface area (Å²) in [6.07, 6.45) is 5.95. The minimum absolute atomic E-state index is 0.120. The molecule has 10 heteroatoms. The van der Waals surface area contributed by atoms with Crippen molar-refractivity contribution in [3.05, 3.63) is 30.6 Å². The van der Waals surface area contributed by atoms with Crippen molar-refractivity contribution in [3.8, 4) is 5.75 Å². The highest BCUT2D eigenvalue weighted by Gasteiger charge is 2.26. The Morgan fingerprint density at radius 1 is 1.34 bits per heavy atom. The van der Waals surface area contributed by atoms with Gasteiger partial charge in [-0.1, -0.05) is 25.6 Å². The quantitative estimate of drug-likeness (QED) is 0.573. The molecule has 0 aliphatic heterocycles. The van der Waals surface area contributed by atoms with Crippen molar-refractivity contribution in [1.82, 2.24) is 13.9 Å². The number of methoxy groups -OCH3 is 1. The van der Waals surface area contributed by atoms with Crippen LogP contribution >= 0.6 is 11.8 Å². The second kappa shape index (κ2) is 9.19. The van der Waals surface area contributed by atoms with E-state index in [1.807, 2.05) is 6.20 Å². The van der Waals surface area contributed by atoms with Crippen LogP contribution in [0.5, 0.6) is 5.75 Å². The zero-order valence-corrected chi connectivity index (χ0v) is 18.4. The molecule has 0 atom stereocenters. The van der Waals surface area contributed by atoms with Gasteiger partial charge in [0, 0.05) is 31.5 Å². The van der Waals surface area contributed by atoms with Crippen LogP contribution in [0.2, 0.25) is 0 Å². The van der Waals surface area contributed by atoms with Crippen molar-refractivity contribution in [2.75, 3.05) is 31.3 Å². The van der Waals surface area contributed by atoms with Crippen LogP contribution in [0.25, 0.3) is 0 Å². The van der Waals surface area contributed by atoms with E-state index in [0.29, 0.717) is 30.6 Å². The third-order valence-electron chi connectivity index (χ3n) is 4.69. The zero-order valence-electron chi connectivity index (χ0n) is 16.8. The van der Waals surface area contributed by atoms with Gasteiger partial charge in [-0.05, 0) is 31.0 Å². The molecule has 1 fully saturated rings. The van der Waals surface area contributed by atoms with Crippen molar-refractivity contribution in [2.24, 2.45) is 0 Å². The smallest absolute Gasteiger partial charge is 0.243 e. The molecule has 3 rings (SSSR count). The first-order valence-corrected chi connectivity index (χ1v) is 12.0. The number of sulfonamides is 1. The molecular weight excluding hydrogens is 412 g/mol. The van der Waals surface area contributed by atoms with Gasteiger partial charge in [0.25, 0.3) is 0 Å². The largest absolute Gasteiger partial charge is 0.495 e. The van der Waals surface area contributed by atoms with Crippen LogP contribution in [0.4, 0.5) is 5.69 Å². The van der Waals surface area contributed by atoms with Gasteiger partial charge in [0.1, 0.15) is 5.75 Å². The lowest BCUT2D eigenvalue weighted by atomic mass is 10.3. The van der Waals surface area contributed by atoms with E-state index in [-0.39, 0.29) is 16.6 Å². The lowest BCUT2D eigenvalue weighted by Gasteiger charge is -2.19. The second-order valence-corrected chi connectivity index (χ2v) is 9.52. The van der Waals surface area contributed by atoms with Gasteiger partial charge < -0.3 is 14.6 Å². The van der Waals surface area contributed by atoms with Gasteiger partial charge in [-0.3, -0.25) is 4.79 Å². The molecule has 8 nitrogen and oxygen atoms in total. The normalized spacial score (nSPS) is 14.2. The number of nitrogens with one attached hydrogen (secondary N) is 1. The number of aromatic nitrogens is 2. The Kier molecular flexibility index (Phi) is 6.86. The first-order valence-electron chi connectivity index (χ1n) is 9.54. The van der Waals surface area contributed by atoms with E-state index in [1.54, 1.807) is 26.1 Å². The van der Waals surface area contributed by atoms with Crippen molar-refractivity contribution < 1.29 is 17.9 Å². The maximum Gasteiger partial charge on any atom is 0.243 e. The fourth-order valence-corrected chi connectivity index (χ4v) is 5.33. The van der Waals surface area contributed by atoms with Crippen molar-refractivity contribution in [3.63, 3.8) is 0 Å². The number of carbonyl (C=O) groups excluding carboxylic acids is 1. The van der Waals surface area contributed by atoms with Gasteiger partial charge in [-0.2, -0.15) is 4.31 Å². The number of ether oxygens (including phenoxy) is 1. The summed E-state index contributed by atoms with van der Waals surface area (Å²) in [7, 11) is -2.16. The summed E-state index contributed by atoms with van der Waals surface area (Å²) in [4.78, 5) is 16.9. The third-order valence-corrected chi connectivity index (χ3v) is 7.72. The summed E-state index contributed by atoms with van der Waals surface area (Å²) < 4.78 is 34.3. The predicted octanol–water partition coefficient (Wildman–Crippen LogP) is 2.99. The van der Waals surface area contributed by atoms with Crippen LogP contribution in [0.15, 0.2) is 40.6 Å². The van der Waals surface area contributed by atoms with Crippen LogP contribution in [-0.4, -0.2) is 54.1 Å². The van der Waals surface area contributed by atoms with Crippen molar-refractivity contribution in [1.29, 1.82) is 0 Å². The number of amides is 1. The topological polar surface area (TPSA) is 93.5 Å². The molecule has 29 heavy (non-hydrogen) atoms. The molecular formula is C19H26N4O4S2. The molecule has 1 saturated carbocycles. The summed E-state index contributed by atoms with van der Waals surface area (Å²) in [5.41, 5.74) is 0.330. The molecule has 0 saturated heterocycles. The van der Waals surface area contributed by atoms with Crippen LogP contribution in [0.1, 0.15) is 32.7 Å². The van der Waals surface area contributed by atoms with E-state index in [1.165, 1.54) is 35.3 Å². The van der Waals surface area contributed by atoms with Gasteiger partial charge in [-0.15, -0.1) is 0 Å². The zero-order chi connectivity index (χ0) is 21.0. The SMILES string of the molecule is CCN(CC)S(=O)(=O)c1ccc(OC)c(NC(=O)CSc2nccn2C2CC2)c1. The summed E-state index contributed by atoms with van der Waals surface area (Å²) in [5.74, 6) is 0.317. The first kappa shape index (κ1) is 21.7. The number of benzene rings is 1. The highest BCUT2D eigenvalue weighted by atomic mass is 32.2. The Hall–Kier alpha value is -2.04. The van der Waals surface area contributed by atoms with E-state index in [4.69, 9.17) is 4.74 Å². The predicted molar refractivity (Wildman–Crippen MR) is 113 cm³/mol. The molecule has 1 N–H and O–H groups in total. The molecule has 1 aliphatic rings. The molecule has 1 aromatic heterocycles.